The van der Waals surface area contributed by atoms with Gasteiger partial charge in [-0.25, -0.2) is 0 Å². The summed E-state index contributed by atoms with van der Waals surface area (Å²) < 4.78 is 0. The van der Waals surface area contributed by atoms with Gasteiger partial charge in [0.25, 0.3) is 0 Å². The van der Waals surface area contributed by atoms with Crippen LogP contribution in [0.25, 0.3) is 32.4 Å². The minimum atomic E-state index is 0.675. The van der Waals surface area contributed by atoms with Crippen molar-refractivity contribution in [2.24, 2.45) is 0 Å². The molecule has 0 N–H and O–H groups in total. The summed E-state index contributed by atoms with van der Waals surface area (Å²) in [6.07, 6.45) is 15.8. The number of rotatable bonds is 2. The van der Waals surface area contributed by atoms with Crippen molar-refractivity contribution < 1.29 is 0 Å². The van der Waals surface area contributed by atoms with Crippen molar-refractivity contribution in [2.75, 3.05) is 0 Å². The molecule has 1 heterocycles. The molecule has 2 fully saturated rings. The molecule has 0 radical (unpaired) electrons. The maximum atomic E-state index is 4.96. The van der Waals surface area contributed by atoms with Gasteiger partial charge in [0.05, 0.1) is 5.52 Å². The molecule has 2 aliphatic carbocycles. The van der Waals surface area contributed by atoms with Gasteiger partial charge in [-0.3, -0.25) is 4.98 Å². The van der Waals surface area contributed by atoms with Crippen LogP contribution >= 0.6 is 0 Å². The zero-order valence-corrected chi connectivity index (χ0v) is 17.9. The summed E-state index contributed by atoms with van der Waals surface area (Å²) in [5, 5.41) is 7.36. The SMILES string of the molecule is c1ccc2c(c1)ncc1c(C3CCCCC3)c3ccccc3c(C3CCCCC3)c12. The third-order valence-electron chi connectivity index (χ3n) is 7.87. The zero-order chi connectivity index (χ0) is 19.9. The Balaban J connectivity index is 1.77. The first kappa shape index (κ1) is 18.4. The van der Waals surface area contributed by atoms with E-state index in [2.05, 4.69) is 54.7 Å². The Morgan fingerprint density at radius 2 is 1.07 bits per heavy atom. The second-order valence-electron chi connectivity index (χ2n) is 9.61. The van der Waals surface area contributed by atoms with Crippen LogP contribution in [0.3, 0.4) is 0 Å². The molecule has 0 amide bonds. The third kappa shape index (κ3) is 2.94. The molecule has 1 aromatic heterocycles. The van der Waals surface area contributed by atoms with Gasteiger partial charge in [0.2, 0.25) is 0 Å². The van der Waals surface area contributed by atoms with E-state index < -0.39 is 0 Å². The fourth-order valence-corrected chi connectivity index (χ4v) is 6.51. The molecule has 0 spiro atoms. The van der Waals surface area contributed by atoms with Crippen LogP contribution in [0.5, 0.6) is 0 Å². The van der Waals surface area contributed by atoms with Crippen molar-refractivity contribution in [2.45, 2.75) is 76.0 Å². The quantitative estimate of drug-likeness (QED) is 0.245. The predicted molar refractivity (Wildman–Crippen MR) is 128 cm³/mol. The van der Waals surface area contributed by atoms with E-state index in [0.29, 0.717) is 11.8 Å². The fraction of sp³-hybridized carbons (Fsp3) is 0.414. The smallest absolute Gasteiger partial charge is 0.0708 e. The van der Waals surface area contributed by atoms with Crippen molar-refractivity contribution in [3.05, 3.63) is 65.9 Å². The van der Waals surface area contributed by atoms with Crippen LogP contribution in [0.15, 0.2) is 54.7 Å². The van der Waals surface area contributed by atoms with Crippen LogP contribution in [0.2, 0.25) is 0 Å². The van der Waals surface area contributed by atoms with Gasteiger partial charge in [0.1, 0.15) is 0 Å². The van der Waals surface area contributed by atoms with Crippen LogP contribution in [0, 0.1) is 0 Å². The van der Waals surface area contributed by atoms with E-state index in [1.165, 1.54) is 91.1 Å². The number of aromatic nitrogens is 1. The fourth-order valence-electron chi connectivity index (χ4n) is 6.51. The minimum Gasteiger partial charge on any atom is -0.256 e. The Labute approximate surface area is 179 Å². The molecular weight excluding hydrogens is 362 g/mol. The number of benzene rings is 3. The van der Waals surface area contributed by atoms with Crippen molar-refractivity contribution in [3.63, 3.8) is 0 Å². The molecule has 4 aromatic rings. The maximum absolute atomic E-state index is 4.96. The second kappa shape index (κ2) is 7.69. The first-order chi connectivity index (χ1) is 14.9. The molecule has 1 nitrogen and oxygen atoms in total. The zero-order valence-electron chi connectivity index (χ0n) is 17.9. The van der Waals surface area contributed by atoms with Gasteiger partial charge < -0.3 is 0 Å². The summed E-state index contributed by atoms with van der Waals surface area (Å²) >= 11 is 0. The molecule has 0 saturated heterocycles. The van der Waals surface area contributed by atoms with Gasteiger partial charge in [-0.1, -0.05) is 81.0 Å². The lowest BCUT2D eigenvalue weighted by atomic mass is 9.74. The molecule has 6 rings (SSSR count). The molecule has 0 unspecified atom stereocenters. The number of nitrogens with zero attached hydrogens (tertiary/aromatic N) is 1. The summed E-state index contributed by atoms with van der Waals surface area (Å²) in [5.74, 6) is 1.35. The molecule has 2 saturated carbocycles. The van der Waals surface area contributed by atoms with Crippen LogP contribution < -0.4 is 0 Å². The van der Waals surface area contributed by atoms with Gasteiger partial charge in [0, 0.05) is 17.0 Å². The number of hydrogen-bond donors (Lipinski definition) is 0. The van der Waals surface area contributed by atoms with Gasteiger partial charge in [-0.15, -0.1) is 0 Å². The minimum absolute atomic E-state index is 0.675. The molecule has 0 atom stereocenters. The van der Waals surface area contributed by atoms with Crippen LogP contribution in [0.4, 0.5) is 0 Å². The lowest BCUT2D eigenvalue weighted by Gasteiger charge is -2.30. The van der Waals surface area contributed by atoms with E-state index >= 15 is 0 Å². The normalized spacial score (nSPS) is 19.1. The number of hydrogen-bond acceptors (Lipinski definition) is 1. The second-order valence-corrected chi connectivity index (χ2v) is 9.61. The van der Waals surface area contributed by atoms with Crippen LogP contribution in [-0.2, 0) is 0 Å². The van der Waals surface area contributed by atoms with Crippen LogP contribution in [-0.4, -0.2) is 4.98 Å². The van der Waals surface area contributed by atoms with Crippen molar-refractivity contribution in [1.82, 2.24) is 4.98 Å². The van der Waals surface area contributed by atoms with E-state index in [1.54, 1.807) is 11.1 Å². The van der Waals surface area contributed by atoms with E-state index in [-0.39, 0.29) is 0 Å². The van der Waals surface area contributed by atoms with Crippen molar-refractivity contribution in [1.29, 1.82) is 0 Å². The summed E-state index contributed by atoms with van der Waals surface area (Å²) in [6, 6.07) is 18.2. The summed E-state index contributed by atoms with van der Waals surface area (Å²) in [6.45, 7) is 0. The molecule has 152 valence electrons. The van der Waals surface area contributed by atoms with E-state index in [4.69, 9.17) is 4.98 Å². The number of pyridine rings is 1. The largest absolute Gasteiger partial charge is 0.256 e. The Bertz CT molecular complexity index is 1210. The van der Waals surface area contributed by atoms with E-state index in [9.17, 15) is 0 Å². The Hall–Kier alpha value is -2.41. The Morgan fingerprint density at radius 1 is 0.533 bits per heavy atom. The highest BCUT2D eigenvalue weighted by Gasteiger charge is 2.27. The average Bonchev–Trinajstić information content (AvgIpc) is 2.83. The Morgan fingerprint density at radius 3 is 1.73 bits per heavy atom. The average molecular weight is 394 g/mol. The van der Waals surface area contributed by atoms with Crippen molar-refractivity contribution >= 4 is 32.4 Å². The van der Waals surface area contributed by atoms with Crippen molar-refractivity contribution in [3.8, 4) is 0 Å². The molecule has 3 aromatic carbocycles. The molecular formula is C29H31N. The first-order valence-corrected chi connectivity index (χ1v) is 12.1. The highest BCUT2D eigenvalue weighted by atomic mass is 14.7. The first-order valence-electron chi connectivity index (χ1n) is 12.1. The van der Waals surface area contributed by atoms with Gasteiger partial charge in [-0.2, -0.15) is 0 Å². The summed E-state index contributed by atoms with van der Waals surface area (Å²) in [5.41, 5.74) is 4.36. The number of para-hydroxylation sites is 1. The van der Waals surface area contributed by atoms with Gasteiger partial charge >= 0.3 is 0 Å². The molecule has 0 bridgehead atoms. The lowest BCUT2D eigenvalue weighted by molar-refractivity contribution is 0.445. The van der Waals surface area contributed by atoms with Crippen LogP contribution in [0.1, 0.15) is 87.2 Å². The van der Waals surface area contributed by atoms with Gasteiger partial charge in [0.15, 0.2) is 0 Å². The molecule has 1 heteroatoms. The third-order valence-corrected chi connectivity index (χ3v) is 7.87. The standard InChI is InChI=1S/C29H31N/c1-3-11-20(12-4-1)27-22-15-7-8-16-23(22)28(21-13-5-2-6-14-21)29-24-17-9-10-18-26(24)30-19-25(27)29/h7-10,15-21H,1-6,11-14H2. The highest BCUT2D eigenvalue weighted by Crippen LogP contribution is 2.48. The topological polar surface area (TPSA) is 12.9 Å². The molecule has 0 aliphatic heterocycles. The molecule has 2 aliphatic rings. The highest BCUT2D eigenvalue weighted by molar-refractivity contribution is 6.16. The van der Waals surface area contributed by atoms with Gasteiger partial charge in [-0.05, 0) is 70.9 Å². The predicted octanol–water partition coefficient (Wildman–Crippen LogP) is 8.64. The summed E-state index contributed by atoms with van der Waals surface area (Å²) in [4.78, 5) is 4.96. The maximum Gasteiger partial charge on any atom is 0.0708 e. The monoisotopic (exact) mass is 393 g/mol. The molecule has 30 heavy (non-hydrogen) atoms. The van der Waals surface area contributed by atoms with E-state index in [1.807, 2.05) is 0 Å². The summed E-state index contributed by atoms with van der Waals surface area (Å²) in [7, 11) is 0. The van der Waals surface area contributed by atoms with E-state index in [0.717, 1.165) is 5.52 Å². The lowest BCUT2D eigenvalue weighted by Crippen LogP contribution is -2.10. The Kier molecular flexibility index (Phi) is 4.71. The number of fused-ring (bicyclic) bond motifs is 4.